The second-order valence-electron chi connectivity index (χ2n) is 5.88. The number of carbonyl (C=O) groups is 1. The normalized spacial score (nSPS) is 16.8. The molecule has 4 nitrogen and oxygen atoms in total. The van der Waals surface area contributed by atoms with Gasteiger partial charge in [-0.3, -0.25) is 9.59 Å². The zero-order valence-electron chi connectivity index (χ0n) is 13.0. The Morgan fingerprint density at radius 3 is 2.58 bits per heavy atom. The third-order valence-electron chi connectivity index (χ3n) is 4.51. The zero-order chi connectivity index (χ0) is 16.8. The highest BCUT2D eigenvalue weighted by molar-refractivity contribution is 9.10. The van der Waals surface area contributed by atoms with E-state index in [-0.39, 0.29) is 23.9 Å². The van der Waals surface area contributed by atoms with Crippen LogP contribution in [0.1, 0.15) is 23.5 Å². The summed E-state index contributed by atoms with van der Waals surface area (Å²) in [5, 5.41) is 0.778. The van der Waals surface area contributed by atoms with Crippen molar-refractivity contribution >= 4 is 32.8 Å². The first kappa shape index (κ1) is 15.1. The van der Waals surface area contributed by atoms with Crippen molar-refractivity contribution in [2.24, 2.45) is 7.05 Å². The number of halogens is 1. The minimum absolute atomic E-state index is 0.128. The number of aromatic nitrogens is 1. The number of para-hydroxylation sites is 1. The van der Waals surface area contributed by atoms with Crippen LogP contribution in [0.3, 0.4) is 0 Å². The summed E-state index contributed by atoms with van der Waals surface area (Å²) in [6.07, 6.45) is 0.156. The van der Waals surface area contributed by atoms with Crippen LogP contribution in [0.4, 0.5) is 0 Å². The second-order valence-corrected chi connectivity index (χ2v) is 6.73. The van der Waals surface area contributed by atoms with Gasteiger partial charge in [0.05, 0.1) is 17.5 Å². The molecule has 5 heteroatoms. The van der Waals surface area contributed by atoms with Crippen LogP contribution >= 0.6 is 15.9 Å². The Balaban J connectivity index is 2.09. The van der Waals surface area contributed by atoms with Crippen molar-refractivity contribution in [3.05, 3.63) is 74.5 Å². The number of aryl methyl sites for hydroxylation is 1. The molecule has 4 rings (SSSR count). The maximum absolute atomic E-state index is 13.0. The van der Waals surface area contributed by atoms with Crippen LogP contribution in [-0.2, 0) is 11.8 Å². The Bertz CT molecular complexity index is 1040. The van der Waals surface area contributed by atoms with E-state index in [1.165, 1.54) is 0 Å². The summed E-state index contributed by atoms with van der Waals surface area (Å²) in [5.74, 6) is -0.243. The number of esters is 1. The Kier molecular flexibility index (Phi) is 3.53. The first-order valence-electron chi connectivity index (χ1n) is 7.64. The summed E-state index contributed by atoms with van der Waals surface area (Å²) in [5.41, 5.74) is 2.09. The third-order valence-corrected chi connectivity index (χ3v) is 5.23. The molecule has 0 fully saturated rings. The number of fused-ring (bicyclic) bond motifs is 3. The molecule has 0 saturated carbocycles. The van der Waals surface area contributed by atoms with Crippen molar-refractivity contribution in [2.45, 2.75) is 12.3 Å². The van der Waals surface area contributed by atoms with Crippen molar-refractivity contribution in [3.63, 3.8) is 0 Å². The van der Waals surface area contributed by atoms with Gasteiger partial charge < -0.3 is 9.30 Å². The van der Waals surface area contributed by atoms with E-state index in [0.717, 1.165) is 20.9 Å². The summed E-state index contributed by atoms with van der Waals surface area (Å²) in [6.45, 7) is 0. The summed E-state index contributed by atoms with van der Waals surface area (Å²) < 4.78 is 8.01. The largest absolute Gasteiger partial charge is 0.425 e. The first-order valence-corrected chi connectivity index (χ1v) is 8.44. The van der Waals surface area contributed by atoms with Crippen LogP contribution in [-0.4, -0.2) is 10.5 Å². The molecule has 0 N–H and O–H groups in total. The number of benzene rings is 2. The number of rotatable bonds is 1. The van der Waals surface area contributed by atoms with Crippen LogP contribution in [0.5, 0.6) is 5.75 Å². The van der Waals surface area contributed by atoms with Gasteiger partial charge in [0, 0.05) is 22.8 Å². The molecule has 2 aromatic carbocycles. The summed E-state index contributed by atoms with van der Waals surface area (Å²) in [6, 6.07) is 15.1. The molecule has 3 aromatic rings. The number of nitrogens with zero attached hydrogens (tertiary/aromatic N) is 1. The number of carbonyl (C=O) groups excluding carboxylic acids is 1. The quantitative estimate of drug-likeness (QED) is 0.601. The van der Waals surface area contributed by atoms with E-state index in [9.17, 15) is 9.59 Å². The van der Waals surface area contributed by atoms with Gasteiger partial charge in [-0.2, -0.15) is 0 Å². The molecule has 0 aliphatic carbocycles. The van der Waals surface area contributed by atoms with Gasteiger partial charge in [0.25, 0.3) is 5.56 Å². The van der Waals surface area contributed by atoms with Gasteiger partial charge in [0.15, 0.2) is 0 Å². The van der Waals surface area contributed by atoms with Gasteiger partial charge in [-0.25, -0.2) is 0 Å². The van der Waals surface area contributed by atoms with E-state index in [0.29, 0.717) is 11.3 Å². The molecule has 0 amide bonds. The second kappa shape index (κ2) is 5.60. The van der Waals surface area contributed by atoms with E-state index in [1.54, 1.807) is 11.6 Å². The molecule has 0 bridgehead atoms. The van der Waals surface area contributed by atoms with Gasteiger partial charge in [0.2, 0.25) is 0 Å². The van der Waals surface area contributed by atoms with Gasteiger partial charge in [0.1, 0.15) is 5.75 Å². The highest BCUT2D eigenvalue weighted by atomic mass is 79.9. The Morgan fingerprint density at radius 2 is 1.79 bits per heavy atom. The number of hydrogen-bond donors (Lipinski definition) is 0. The van der Waals surface area contributed by atoms with E-state index in [1.807, 2.05) is 48.5 Å². The molecule has 1 aliphatic heterocycles. The summed E-state index contributed by atoms with van der Waals surface area (Å²) in [4.78, 5) is 25.2. The van der Waals surface area contributed by atoms with Gasteiger partial charge in [-0.15, -0.1) is 0 Å². The molecule has 1 aromatic heterocycles. The highest BCUT2D eigenvalue weighted by Crippen LogP contribution is 2.42. The Hall–Kier alpha value is -2.40. The van der Waals surface area contributed by atoms with Crippen molar-refractivity contribution in [1.29, 1.82) is 0 Å². The van der Waals surface area contributed by atoms with E-state index in [4.69, 9.17) is 4.74 Å². The molecule has 120 valence electrons. The molecule has 0 spiro atoms. The van der Waals surface area contributed by atoms with E-state index < -0.39 is 0 Å². The number of ether oxygens (including phenoxy) is 1. The lowest BCUT2D eigenvalue weighted by Crippen LogP contribution is -2.31. The van der Waals surface area contributed by atoms with Crippen LogP contribution in [0.15, 0.2) is 57.8 Å². The SMILES string of the molecule is Cn1c(=O)c2c(c3ccccc31)OC(=O)C[C@@H]2c1ccccc1Br. The maximum atomic E-state index is 13.0. The molecule has 0 saturated heterocycles. The minimum Gasteiger partial charge on any atom is -0.425 e. The van der Waals surface area contributed by atoms with E-state index >= 15 is 0 Å². The van der Waals surface area contributed by atoms with Crippen LogP contribution in [0.25, 0.3) is 10.9 Å². The standard InChI is InChI=1S/C19H14BrNO3/c1-21-15-9-5-3-7-12(15)18-17(19(21)23)13(10-16(22)24-18)11-6-2-4-8-14(11)20/h2-9,13H,10H2,1H3/t13-/m1/s1. The predicted molar refractivity (Wildman–Crippen MR) is 95.4 cm³/mol. The third kappa shape index (κ3) is 2.19. The molecule has 2 heterocycles. The molecule has 1 aliphatic rings. The Morgan fingerprint density at radius 1 is 1.08 bits per heavy atom. The monoisotopic (exact) mass is 383 g/mol. The summed E-state index contributed by atoms with van der Waals surface area (Å²) in [7, 11) is 1.75. The molecule has 0 unspecified atom stereocenters. The fraction of sp³-hybridized carbons (Fsp3) is 0.158. The fourth-order valence-corrected chi connectivity index (χ4v) is 3.92. The van der Waals surface area contributed by atoms with Crippen molar-refractivity contribution < 1.29 is 9.53 Å². The lowest BCUT2D eigenvalue weighted by Gasteiger charge is -2.26. The molecule has 24 heavy (non-hydrogen) atoms. The average Bonchev–Trinajstić information content (AvgIpc) is 2.59. The fourth-order valence-electron chi connectivity index (χ4n) is 3.36. The smallest absolute Gasteiger partial charge is 0.312 e. The molecular weight excluding hydrogens is 370 g/mol. The Labute approximate surface area is 146 Å². The van der Waals surface area contributed by atoms with Crippen LogP contribution < -0.4 is 10.3 Å². The van der Waals surface area contributed by atoms with Gasteiger partial charge in [-0.05, 0) is 23.8 Å². The lowest BCUT2D eigenvalue weighted by molar-refractivity contribution is -0.135. The zero-order valence-corrected chi connectivity index (χ0v) is 14.5. The predicted octanol–water partition coefficient (Wildman–Crippen LogP) is 3.74. The summed E-state index contributed by atoms with van der Waals surface area (Å²) >= 11 is 3.54. The van der Waals surface area contributed by atoms with Gasteiger partial charge in [-0.1, -0.05) is 46.3 Å². The van der Waals surface area contributed by atoms with Crippen molar-refractivity contribution in [1.82, 2.24) is 4.57 Å². The van der Waals surface area contributed by atoms with Gasteiger partial charge >= 0.3 is 5.97 Å². The minimum atomic E-state index is -0.319. The lowest BCUT2D eigenvalue weighted by atomic mass is 9.86. The molecule has 1 atom stereocenters. The molecule has 0 radical (unpaired) electrons. The van der Waals surface area contributed by atoms with E-state index in [2.05, 4.69) is 15.9 Å². The number of pyridine rings is 1. The van der Waals surface area contributed by atoms with Crippen molar-refractivity contribution in [2.75, 3.05) is 0 Å². The van der Waals surface area contributed by atoms with Crippen LogP contribution in [0.2, 0.25) is 0 Å². The average molecular weight is 384 g/mol. The number of hydrogen-bond acceptors (Lipinski definition) is 3. The van der Waals surface area contributed by atoms with Crippen LogP contribution in [0, 0.1) is 0 Å². The molecular formula is C19H14BrNO3. The first-order chi connectivity index (χ1) is 11.6. The highest BCUT2D eigenvalue weighted by Gasteiger charge is 2.34. The maximum Gasteiger partial charge on any atom is 0.312 e. The topological polar surface area (TPSA) is 48.3 Å². The van der Waals surface area contributed by atoms with Crippen molar-refractivity contribution in [3.8, 4) is 5.75 Å².